The lowest BCUT2D eigenvalue weighted by Gasteiger charge is -2.30. The summed E-state index contributed by atoms with van der Waals surface area (Å²) in [6.07, 6.45) is 3.45. The third-order valence-corrected chi connectivity index (χ3v) is 3.02. The standard InChI is InChI=1S/C12H21NO3/c1-3-4-9-16-12(15)11-5-7-13(8-6-11)10(2)14/h11H,3-9H2,1-2H3. The van der Waals surface area contributed by atoms with Crippen LogP contribution < -0.4 is 0 Å². The molecule has 0 N–H and O–H groups in total. The van der Waals surface area contributed by atoms with Crippen LogP contribution in [-0.4, -0.2) is 36.5 Å². The Morgan fingerprint density at radius 1 is 1.31 bits per heavy atom. The van der Waals surface area contributed by atoms with Gasteiger partial charge in [-0.15, -0.1) is 0 Å². The first kappa shape index (κ1) is 13.0. The van der Waals surface area contributed by atoms with Crippen molar-refractivity contribution in [3.05, 3.63) is 0 Å². The minimum Gasteiger partial charge on any atom is -0.465 e. The number of nitrogens with zero attached hydrogens (tertiary/aromatic N) is 1. The van der Waals surface area contributed by atoms with Crippen LogP contribution in [0.4, 0.5) is 0 Å². The zero-order valence-electron chi connectivity index (χ0n) is 10.2. The van der Waals surface area contributed by atoms with Gasteiger partial charge >= 0.3 is 5.97 Å². The smallest absolute Gasteiger partial charge is 0.309 e. The van der Waals surface area contributed by atoms with Crippen molar-refractivity contribution in [2.45, 2.75) is 39.5 Å². The molecular weight excluding hydrogens is 206 g/mol. The number of carbonyl (C=O) groups is 2. The molecule has 0 bridgehead atoms. The molecule has 1 saturated heterocycles. The topological polar surface area (TPSA) is 46.6 Å². The van der Waals surface area contributed by atoms with Gasteiger partial charge in [0.15, 0.2) is 0 Å². The Labute approximate surface area is 96.9 Å². The number of hydrogen-bond donors (Lipinski definition) is 0. The lowest BCUT2D eigenvalue weighted by molar-refractivity contribution is -0.151. The van der Waals surface area contributed by atoms with E-state index >= 15 is 0 Å². The Morgan fingerprint density at radius 3 is 2.44 bits per heavy atom. The minimum absolute atomic E-state index is 0.00699. The highest BCUT2D eigenvalue weighted by Gasteiger charge is 2.26. The fraction of sp³-hybridized carbons (Fsp3) is 0.833. The van der Waals surface area contributed by atoms with E-state index < -0.39 is 0 Å². The van der Waals surface area contributed by atoms with Gasteiger partial charge in [0.2, 0.25) is 5.91 Å². The Balaban J connectivity index is 2.25. The maximum Gasteiger partial charge on any atom is 0.309 e. The van der Waals surface area contributed by atoms with E-state index in [-0.39, 0.29) is 17.8 Å². The van der Waals surface area contributed by atoms with E-state index in [2.05, 4.69) is 6.92 Å². The van der Waals surface area contributed by atoms with Crippen LogP contribution in [0.5, 0.6) is 0 Å². The van der Waals surface area contributed by atoms with Crippen molar-refractivity contribution in [2.75, 3.05) is 19.7 Å². The lowest BCUT2D eigenvalue weighted by Crippen LogP contribution is -2.39. The highest BCUT2D eigenvalue weighted by molar-refractivity contribution is 5.75. The summed E-state index contributed by atoms with van der Waals surface area (Å²) < 4.78 is 5.18. The molecule has 0 spiro atoms. The van der Waals surface area contributed by atoms with E-state index in [9.17, 15) is 9.59 Å². The number of likely N-dealkylation sites (tertiary alicyclic amines) is 1. The predicted molar refractivity (Wildman–Crippen MR) is 60.8 cm³/mol. The fourth-order valence-corrected chi connectivity index (χ4v) is 1.87. The van der Waals surface area contributed by atoms with E-state index in [1.54, 1.807) is 11.8 Å². The molecule has 4 heteroatoms. The summed E-state index contributed by atoms with van der Waals surface area (Å²) in [5, 5.41) is 0. The van der Waals surface area contributed by atoms with Gasteiger partial charge in [-0.25, -0.2) is 0 Å². The molecule has 0 atom stereocenters. The summed E-state index contributed by atoms with van der Waals surface area (Å²) in [4.78, 5) is 24.5. The van der Waals surface area contributed by atoms with Gasteiger partial charge in [-0.2, -0.15) is 0 Å². The zero-order valence-corrected chi connectivity index (χ0v) is 10.2. The molecule has 1 aliphatic rings. The summed E-state index contributed by atoms with van der Waals surface area (Å²) in [6.45, 7) is 5.53. The summed E-state index contributed by atoms with van der Waals surface area (Å²) in [7, 11) is 0. The summed E-state index contributed by atoms with van der Waals surface area (Å²) >= 11 is 0. The summed E-state index contributed by atoms with van der Waals surface area (Å²) in [6, 6.07) is 0. The average Bonchev–Trinajstić information content (AvgIpc) is 2.29. The third-order valence-electron chi connectivity index (χ3n) is 3.02. The maximum atomic E-state index is 11.6. The van der Waals surface area contributed by atoms with Gasteiger partial charge < -0.3 is 9.64 Å². The number of unbranched alkanes of at least 4 members (excludes halogenated alkanes) is 1. The zero-order chi connectivity index (χ0) is 12.0. The number of carbonyl (C=O) groups excluding carboxylic acids is 2. The predicted octanol–water partition coefficient (Wildman–Crippen LogP) is 1.59. The maximum absolute atomic E-state index is 11.6. The van der Waals surface area contributed by atoms with Gasteiger partial charge in [-0.1, -0.05) is 13.3 Å². The van der Waals surface area contributed by atoms with Crippen molar-refractivity contribution >= 4 is 11.9 Å². The number of ether oxygens (including phenoxy) is 1. The van der Waals surface area contributed by atoms with E-state index in [4.69, 9.17) is 4.74 Å². The van der Waals surface area contributed by atoms with Crippen LogP contribution in [0.15, 0.2) is 0 Å². The van der Waals surface area contributed by atoms with Crippen molar-refractivity contribution < 1.29 is 14.3 Å². The molecule has 1 rings (SSSR count). The second-order valence-electron chi connectivity index (χ2n) is 4.30. The second-order valence-corrected chi connectivity index (χ2v) is 4.30. The fourth-order valence-electron chi connectivity index (χ4n) is 1.87. The van der Waals surface area contributed by atoms with Crippen molar-refractivity contribution in [1.82, 2.24) is 4.90 Å². The molecule has 0 unspecified atom stereocenters. The Morgan fingerprint density at radius 2 is 1.94 bits per heavy atom. The highest BCUT2D eigenvalue weighted by Crippen LogP contribution is 2.18. The molecule has 0 radical (unpaired) electrons. The normalized spacial score (nSPS) is 17.2. The molecule has 0 aromatic heterocycles. The SMILES string of the molecule is CCCCOC(=O)C1CCN(C(C)=O)CC1. The third kappa shape index (κ3) is 3.83. The number of hydrogen-bond acceptors (Lipinski definition) is 3. The quantitative estimate of drug-likeness (QED) is 0.541. The van der Waals surface area contributed by atoms with Crippen LogP contribution >= 0.6 is 0 Å². The molecule has 0 aliphatic carbocycles. The molecule has 0 saturated carbocycles. The van der Waals surface area contributed by atoms with Crippen molar-refractivity contribution in [1.29, 1.82) is 0 Å². The number of piperidine rings is 1. The average molecular weight is 227 g/mol. The van der Waals surface area contributed by atoms with Crippen LogP contribution in [0.25, 0.3) is 0 Å². The largest absolute Gasteiger partial charge is 0.465 e. The van der Waals surface area contributed by atoms with Crippen molar-refractivity contribution in [2.24, 2.45) is 5.92 Å². The van der Waals surface area contributed by atoms with E-state index in [1.807, 2.05) is 0 Å². The molecule has 0 aromatic rings. The summed E-state index contributed by atoms with van der Waals surface area (Å²) in [5.74, 6) is 0.00177. The molecule has 1 fully saturated rings. The van der Waals surface area contributed by atoms with E-state index in [0.717, 1.165) is 25.7 Å². The van der Waals surface area contributed by atoms with Gasteiger partial charge in [0.1, 0.15) is 0 Å². The van der Waals surface area contributed by atoms with Crippen LogP contribution in [0.1, 0.15) is 39.5 Å². The van der Waals surface area contributed by atoms with E-state index in [1.165, 1.54) is 0 Å². The Bertz CT molecular complexity index is 245. The Kier molecular flexibility index (Phi) is 5.29. The molecule has 16 heavy (non-hydrogen) atoms. The number of rotatable bonds is 4. The van der Waals surface area contributed by atoms with Gasteiger partial charge in [0.05, 0.1) is 12.5 Å². The van der Waals surface area contributed by atoms with Gasteiger partial charge in [0, 0.05) is 20.0 Å². The van der Waals surface area contributed by atoms with Crippen molar-refractivity contribution in [3.63, 3.8) is 0 Å². The first-order chi connectivity index (χ1) is 7.65. The lowest BCUT2D eigenvalue weighted by atomic mass is 9.97. The second kappa shape index (κ2) is 6.51. The van der Waals surface area contributed by atoms with Gasteiger partial charge in [-0.3, -0.25) is 9.59 Å². The van der Waals surface area contributed by atoms with Crippen LogP contribution in [0.2, 0.25) is 0 Å². The molecule has 1 aliphatic heterocycles. The molecular formula is C12H21NO3. The number of esters is 1. The molecule has 4 nitrogen and oxygen atoms in total. The van der Waals surface area contributed by atoms with Gasteiger partial charge in [0.25, 0.3) is 0 Å². The highest BCUT2D eigenvalue weighted by atomic mass is 16.5. The molecule has 1 heterocycles. The van der Waals surface area contributed by atoms with E-state index in [0.29, 0.717) is 19.7 Å². The minimum atomic E-state index is -0.0864. The number of amides is 1. The molecule has 1 amide bonds. The molecule has 0 aromatic carbocycles. The summed E-state index contributed by atoms with van der Waals surface area (Å²) in [5.41, 5.74) is 0. The van der Waals surface area contributed by atoms with Crippen molar-refractivity contribution in [3.8, 4) is 0 Å². The Hall–Kier alpha value is -1.06. The van der Waals surface area contributed by atoms with Crippen LogP contribution in [-0.2, 0) is 14.3 Å². The first-order valence-corrected chi connectivity index (χ1v) is 6.07. The monoisotopic (exact) mass is 227 g/mol. The van der Waals surface area contributed by atoms with Crippen LogP contribution in [0.3, 0.4) is 0 Å². The van der Waals surface area contributed by atoms with Crippen LogP contribution in [0, 0.1) is 5.92 Å². The molecule has 92 valence electrons. The van der Waals surface area contributed by atoms with Gasteiger partial charge in [-0.05, 0) is 19.3 Å². The first-order valence-electron chi connectivity index (χ1n) is 6.07.